The Bertz CT molecular complexity index is 1460. The Morgan fingerprint density at radius 2 is 1.89 bits per heavy atom. The van der Waals surface area contributed by atoms with E-state index in [1.807, 2.05) is 26.0 Å². The minimum absolute atomic E-state index is 0.0324. The summed E-state index contributed by atoms with van der Waals surface area (Å²) in [6.07, 6.45) is 2.18. The number of sulfonamides is 1. The van der Waals surface area contributed by atoms with Crippen molar-refractivity contribution < 1.29 is 27.9 Å². The molecule has 1 aromatic heterocycles. The number of aromatic carboxylic acids is 1. The Labute approximate surface area is 215 Å². The lowest BCUT2D eigenvalue weighted by Crippen LogP contribution is -2.32. The Hall–Kier alpha value is -3.70. The number of carbonyl (C=O) groups excluding carboxylic acids is 1. The molecule has 3 N–H and O–H groups in total. The summed E-state index contributed by atoms with van der Waals surface area (Å²) in [5.74, 6) is -1.42. The molecule has 2 aromatic carbocycles. The number of carboxylic acid groups (broad SMARTS) is 1. The number of nitrogens with zero attached hydrogens (tertiary/aromatic N) is 2. The number of nitrogens with one attached hydrogen (secondary N) is 2. The SMILES string of the molecule is CC[C@H](C)NS(=O)(=O)c1cc(NC(=O)C2CC2)ccc1Oc1c(C)c(C(=O)O)nn1-c1ccccc1C. The third-order valence-corrected chi connectivity index (χ3v) is 7.85. The topological polar surface area (TPSA) is 140 Å². The van der Waals surface area contributed by atoms with E-state index in [2.05, 4.69) is 15.1 Å². The Kier molecular flexibility index (Phi) is 7.37. The van der Waals surface area contributed by atoms with Crippen LogP contribution in [0.3, 0.4) is 0 Å². The number of hydrogen-bond donors (Lipinski definition) is 3. The minimum atomic E-state index is -4.07. The lowest BCUT2D eigenvalue weighted by Gasteiger charge is -2.18. The summed E-state index contributed by atoms with van der Waals surface area (Å²) in [4.78, 5) is 24.0. The van der Waals surface area contributed by atoms with E-state index in [-0.39, 0.29) is 45.6 Å². The molecule has 4 rings (SSSR count). The fourth-order valence-electron chi connectivity index (χ4n) is 3.75. The first-order chi connectivity index (χ1) is 17.5. The first-order valence-electron chi connectivity index (χ1n) is 12.1. The summed E-state index contributed by atoms with van der Waals surface area (Å²) < 4.78 is 36.9. The normalized spacial score (nSPS) is 14.3. The minimum Gasteiger partial charge on any atom is -0.476 e. The van der Waals surface area contributed by atoms with Crippen LogP contribution in [0.2, 0.25) is 0 Å². The number of amides is 1. The van der Waals surface area contributed by atoms with Crippen molar-refractivity contribution in [3.63, 3.8) is 0 Å². The number of aryl methyl sites for hydroxylation is 1. The van der Waals surface area contributed by atoms with Gasteiger partial charge in [-0.25, -0.2) is 17.9 Å². The van der Waals surface area contributed by atoms with Crippen LogP contribution in [0.25, 0.3) is 5.69 Å². The molecule has 1 fully saturated rings. The molecule has 0 radical (unpaired) electrons. The van der Waals surface area contributed by atoms with Gasteiger partial charge in [0.15, 0.2) is 5.69 Å². The van der Waals surface area contributed by atoms with Crippen LogP contribution in [0.5, 0.6) is 11.6 Å². The van der Waals surface area contributed by atoms with Crippen LogP contribution in [0.1, 0.15) is 54.7 Å². The number of carbonyl (C=O) groups is 2. The highest BCUT2D eigenvalue weighted by molar-refractivity contribution is 7.89. The van der Waals surface area contributed by atoms with Crippen molar-refractivity contribution in [3.05, 3.63) is 59.3 Å². The molecule has 10 nitrogen and oxygen atoms in total. The van der Waals surface area contributed by atoms with Gasteiger partial charge in [-0.1, -0.05) is 25.1 Å². The molecule has 1 amide bonds. The van der Waals surface area contributed by atoms with E-state index in [0.717, 1.165) is 18.4 Å². The highest BCUT2D eigenvalue weighted by Gasteiger charge is 2.31. The van der Waals surface area contributed by atoms with Crippen molar-refractivity contribution in [2.45, 2.75) is 57.9 Å². The van der Waals surface area contributed by atoms with Gasteiger partial charge in [0.1, 0.15) is 10.6 Å². The molecule has 0 saturated heterocycles. The van der Waals surface area contributed by atoms with Gasteiger partial charge in [0.2, 0.25) is 21.8 Å². The van der Waals surface area contributed by atoms with Crippen LogP contribution in [0, 0.1) is 19.8 Å². The van der Waals surface area contributed by atoms with Gasteiger partial charge < -0.3 is 15.2 Å². The monoisotopic (exact) mass is 526 g/mol. The molecular weight excluding hydrogens is 496 g/mol. The summed E-state index contributed by atoms with van der Waals surface area (Å²) in [5.41, 5.74) is 1.75. The smallest absolute Gasteiger partial charge is 0.356 e. The van der Waals surface area contributed by atoms with Crippen LogP contribution in [-0.4, -0.2) is 41.2 Å². The van der Waals surface area contributed by atoms with Crippen LogP contribution in [0.4, 0.5) is 5.69 Å². The van der Waals surface area contributed by atoms with Crippen molar-refractivity contribution >= 4 is 27.6 Å². The zero-order valence-electron chi connectivity index (χ0n) is 21.1. The van der Waals surface area contributed by atoms with Crippen molar-refractivity contribution in [2.24, 2.45) is 5.92 Å². The molecule has 11 heteroatoms. The maximum absolute atomic E-state index is 13.4. The second kappa shape index (κ2) is 10.3. The molecule has 1 aliphatic carbocycles. The van der Waals surface area contributed by atoms with Crippen molar-refractivity contribution in [1.29, 1.82) is 0 Å². The van der Waals surface area contributed by atoms with Gasteiger partial charge in [0.25, 0.3) is 0 Å². The molecule has 1 saturated carbocycles. The van der Waals surface area contributed by atoms with Crippen LogP contribution < -0.4 is 14.8 Å². The zero-order chi connectivity index (χ0) is 26.9. The van der Waals surface area contributed by atoms with E-state index in [0.29, 0.717) is 17.8 Å². The fourth-order valence-corrected chi connectivity index (χ4v) is 5.23. The molecular formula is C26H30N4O6S. The van der Waals surface area contributed by atoms with Gasteiger partial charge in [-0.15, -0.1) is 0 Å². The highest BCUT2D eigenvalue weighted by Crippen LogP contribution is 2.36. The van der Waals surface area contributed by atoms with Crippen molar-refractivity contribution in [3.8, 4) is 17.3 Å². The number of benzene rings is 2. The van der Waals surface area contributed by atoms with E-state index in [1.54, 1.807) is 32.0 Å². The van der Waals surface area contributed by atoms with Gasteiger partial charge >= 0.3 is 5.97 Å². The van der Waals surface area contributed by atoms with E-state index in [4.69, 9.17) is 4.74 Å². The van der Waals surface area contributed by atoms with Crippen molar-refractivity contribution in [2.75, 3.05) is 5.32 Å². The fraction of sp³-hybridized carbons (Fsp3) is 0.346. The number of aromatic nitrogens is 2. The van der Waals surface area contributed by atoms with Gasteiger partial charge in [-0.2, -0.15) is 9.78 Å². The maximum Gasteiger partial charge on any atom is 0.356 e. The van der Waals surface area contributed by atoms with Crippen LogP contribution >= 0.6 is 0 Å². The first kappa shape index (κ1) is 26.4. The third-order valence-electron chi connectivity index (χ3n) is 6.24. The summed E-state index contributed by atoms with van der Waals surface area (Å²) in [7, 11) is -4.07. The van der Waals surface area contributed by atoms with Gasteiger partial charge in [0, 0.05) is 23.2 Å². The molecule has 1 heterocycles. The molecule has 1 atom stereocenters. The van der Waals surface area contributed by atoms with Crippen LogP contribution in [-0.2, 0) is 14.8 Å². The van der Waals surface area contributed by atoms with E-state index < -0.39 is 16.0 Å². The summed E-state index contributed by atoms with van der Waals surface area (Å²) >= 11 is 0. The quantitative estimate of drug-likeness (QED) is 0.356. The molecule has 0 aliphatic heterocycles. The largest absolute Gasteiger partial charge is 0.476 e. The van der Waals surface area contributed by atoms with Crippen molar-refractivity contribution in [1.82, 2.24) is 14.5 Å². The second-order valence-electron chi connectivity index (χ2n) is 9.24. The molecule has 196 valence electrons. The molecule has 0 unspecified atom stereocenters. The molecule has 0 bridgehead atoms. The van der Waals surface area contributed by atoms with Crippen LogP contribution in [0.15, 0.2) is 47.4 Å². The average molecular weight is 527 g/mol. The summed E-state index contributed by atoms with van der Waals surface area (Å²) in [6.45, 7) is 7.00. The summed E-state index contributed by atoms with van der Waals surface area (Å²) in [5, 5.41) is 16.7. The zero-order valence-corrected chi connectivity index (χ0v) is 21.9. The Morgan fingerprint density at radius 3 is 2.51 bits per heavy atom. The number of carboxylic acids is 1. The first-order valence-corrected chi connectivity index (χ1v) is 13.5. The summed E-state index contributed by atoms with van der Waals surface area (Å²) in [6, 6.07) is 11.2. The lowest BCUT2D eigenvalue weighted by atomic mass is 10.2. The predicted molar refractivity (Wildman–Crippen MR) is 138 cm³/mol. The van der Waals surface area contributed by atoms with Gasteiger partial charge in [-0.3, -0.25) is 4.79 Å². The maximum atomic E-state index is 13.4. The third kappa shape index (κ3) is 5.67. The average Bonchev–Trinajstić information content (AvgIpc) is 3.65. The molecule has 0 spiro atoms. The van der Waals surface area contributed by atoms with E-state index in [9.17, 15) is 23.1 Å². The molecule has 3 aromatic rings. The number of hydrogen-bond acceptors (Lipinski definition) is 6. The van der Waals surface area contributed by atoms with Gasteiger partial charge in [0.05, 0.1) is 5.69 Å². The molecule has 1 aliphatic rings. The number of ether oxygens (including phenoxy) is 1. The molecule has 37 heavy (non-hydrogen) atoms. The number of anilines is 1. The number of rotatable bonds is 10. The highest BCUT2D eigenvalue weighted by atomic mass is 32.2. The Morgan fingerprint density at radius 1 is 1.19 bits per heavy atom. The standard InChI is InChI=1S/C26H30N4O6S/c1-5-16(3)29-37(34,35)22-14-19(27-24(31)18-10-11-18)12-13-21(22)36-25-17(4)23(26(32)33)28-30(25)20-9-7-6-8-15(20)2/h6-9,12-14,16,18,29H,5,10-11H2,1-4H3,(H,27,31)(H,32,33)/t16-/m0/s1. The Balaban J connectivity index is 1.83. The predicted octanol–water partition coefficient (Wildman–Crippen LogP) is 4.40. The van der Waals surface area contributed by atoms with E-state index in [1.165, 1.54) is 16.8 Å². The second-order valence-corrected chi connectivity index (χ2v) is 10.9. The lowest BCUT2D eigenvalue weighted by molar-refractivity contribution is -0.117. The van der Waals surface area contributed by atoms with Gasteiger partial charge in [-0.05, 0) is 69.9 Å². The number of para-hydroxylation sites is 1. The van der Waals surface area contributed by atoms with E-state index >= 15 is 0 Å².